The Labute approximate surface area is 93.2 Å². The van der Waals surface area contributed by atoms with Gasteiger partial charge in [-0.25, -0.2) is 0 Å². The van der Waals surface area contributed by atoms with Crippen molar-refractivity contribution in [2.75, 3.05) is 19.6 Å². The fourth-order valence-electron chi connectivity index (χ4n) is 3.20. The molecule has 0 aromatic heterocycles. The van der Waals surface area contributed by atoms with Gasteiger partial charge in [0.05, 0.1) is 0 Å². The molecule has 2 N–H and O–H groups in total. The highest BCUT2D eigenvalue weighted by atomic mass is 15.0. The molecule has 0 aromatic carbocycles. The number of hydrogen-bond donors (Lipinski definition) is 2. The quantitative estimate of drug-likeness (QED) is 0.652. The summed E-state index contributed by atoms with van der Waals surface area (Å²) in [6.45, 7) is 3.78. The summed E-state index contributed by atoms with van der Waals surface area (Å²) in [6, 6.07) is 0.813. The molecule has 2 saturated carbocycles. The standard InChI is InChI=1S/C13H24N2/c1-2-12(15-8-1)5-9-14-10-13(6-7-13)11-3-4-11/h11-12,14-15H,1-10H2. The Morgan fingerprint density at radius 1 is 1.20 bits per heavy atom. The third kappa shape index (κ3) is 2.36. The molecule has 0 radical (unpaired) electrons. The first-order valence-electron chi connectivity index (χ1n) is 6.83. The van der Waals surface area contributed by atoms with Gasteiger partial charge in [0.25, 0.3) is 0 Å². The summed E-state index contributed by atoms with van der Waals surface area (Å²) in [6.07, 6.45) is 10.2. The Morgan fingerprint density at radius 2 is 2.07 bits per heavy atom. The van der Waals surface area contributed by atoms with Crippen molar-refractivity contribution in [3.63, 3.8) is 0 Å². The van der Waals surface area contributed by atoms with E-state index in [9.17, 15) is 0 Å². The van der Waals surface area contributed by atoms with Crippen LogP contribution in [0.4, 0.5) is 0 Å². The maximum atomic E-state index is 3.70. The predicted octanol–water partition coefficient (Wildman–Crippen LogP) is 1.91. The van der Waals surface area contributed by atoms with Gasteiger partial charge in [-0.05, 0) is 69.4 Å². The fourth-order valence-corrected chi connectivity index (χ4v) is 3.20. The van der Waals surface area contributed by atoms with Crippen LogP contribution < -0.4 is 10.6 Å². The van der Waals surface area contributed by atoms with Crippen molar-refractivity contribution < 1.29 is 0 Å². The van der Waals surface area contributed by atoms with Gasteiger partial charge < -0.3 is 10.6 Å². The fraction of sp³-hybridized carbons (Fsp3) is 1.00. The highest BCUT2D eigenvalue weighted by molar-refractivity contribution is 5.05. The molecule has 15 heavy (non-hydrogen) atoms. The van der Waals surface area contributed by atoms with Crippen LogP contribution in [0.5, 0.6) is 0 Å². The van der Waals surface area contributed by atoms with Gasteiger partial charge in [0.2, 0.25) is 0 Å². The lowest BCUT2D eigenvalue weighted by atomic mass is 10.0. The van der Waals surface area contributed by atoms with E-state index in [-0.39, 0.29) is 0 Å². The van der Waals surface area contributed by atoms with Crippen LogP contribution in [0.2, 0.25) is 0 Å². The average Bonchev–Trinajstić information content (AvgIpc) is 3.13. The van der Waals surface area contributed by atoms with Crippen LogP contribution in [-0.2, 0) is 0 Å². The molecule has 0 bridgehead atoms. The number of rotatable bonds is 6. The van der Waals surface area contributed by atoms with Crippen LogP contribution in [0.25, 0.3) is 0 Å². The second kappa shape index (κ2) is 4.06. The topological polar surface area (TPSA) is 24.1 Å². The van der Waals surface area contributed by atoms with Gasteiger partial charge in [-0.2, -0.15) is 0 Å². The van der Waals surface area contributed by atoms with E-state index in [0.29, 0.717) is 0 Å². The minimum Gasteiger partial charge on any atom is -0.316 e. The lowest BCUT2D eigenvalue weighted by molar-refractivity contribution is 0.395. The molecule has 1 atom stereocenters. The summed E-state index contributed by atoms with van der Waals surface area (Å²) in [5.41, 5.74) is 0.781. The molecule has 2 nitrogen and oxygen atoms in total. The normalized spacial score (nSPS) is 33.2. The third-order valence-electron chi connectivity index (χ3n) is 4.64. The van der Waals surface area contributed by atoms with E-state index in [0.717, 1.165) is 17.4 Å². The highest BCUT2D eigenvalue weighted by Crippen LogP contribution is 2.60. The molecular formula is C13H24N2. The van der Waals surface area contributed by atoms with Gasteiger partial charge in [-0.1, -0.05) is 0 Å². The van der Waals surface area contributed by atoms with Gasteiger partial charge in [0.1, 0.15) is 0 Å². The van der Waals surface area contributed by atoms with Crippen LogP contribution in [0.1, 0.15) is 44.9 Å². The minimum atomic E-state index is 0.781. The molecule has 1 heterocycles. The van der Waals surface area contributed by atoms with Crippen molar-refractivity contribution in [1.82, 2.24) is 10.6 Å². The van der Waals surface area contributed by atoms with Gasteiger partial charge in [0.15, 0.2) is 0 Å². The van der Waals surface area contributed by atoms with Crippen molar-refractivity contribution >= 4 is 0 Å². The summed E-state index contributed by atoms with van der Waals surface area (Å²) in [4.78, 5) is 0. The van der Waals surface area contributed by atoms with Gasteiger partial charge >= 0.3 is 0 Å². The molecule has 0 amide bonds. The smallest absolute Gasteiger partial charge is 0.00796 e. The molecule has 2 aliphatic carbocycles. The summed E-state index contributed by atoms with van der Waals surface area (Å²) in [5.74, 6) is 1.11. The Hall–Kier alpha value is -0.0800. The summed E-state index contributed by atoms with van der Waals surface area (Å²) >= 11 is 0. The van der Waals surface area contributed by atoms with Crippen LogP contribution >= 0.6 is 0 Å². The monoisotopic (exact) mass is 208 g/mol. The maximum absolute atomic E-state index is 3.70. The van der Waals surface area contributed by atoms with Crippen LogP contribution in [0.3, 0.4) is 0 Å². The van der Waals surface area contributed by atoms with E-state index in [4.69, 9.17) is 0 Å². The predicted molar refractivity (Wildman–Crippen MR) is 62.9 cm³/mol. The molecular weight excluding hydrogens is 184 g/mol. The van der Waals surface area contributed by atoms with Crippen molar-refractivity contribution in [3.05, 3.63) is 0 Å². The zero-order valence-corrected chi connectivity index (χ0v) is 9.73. The first kappa shape index (κ1) is 10.1. The van der Waals surface area contributed by atoms with Gasteiger partial charge in [-0.3, -0.25) is 0 Å². The van der Waals surface area contributed by atoms with Crippen molar-refractivity contribution in [3.8, 4) is 0 Å². The van der Waals surface area contributed by atoms with E-state index in [1.807, 2.05) is 0 Å². The minimum absolute atomic E-state index is 0.781. The maximum Gasteiger partial charge on any atom is 0.00796 e. The molecule has 2 heteroatoms. The summed E-state index contributed by atoms with van der Waals surface area (Å²) in [5, 5.41) is 7.26. The Bertz CT molecular complexity index is 213. The lowest BCUT2D eigenvalue weighted by Gasteiger charge is -2.16. The number of hydrogen-bond acceptors (Lipinski definition) is 2. The molecule has 0 aromatic rings. The van der Waals surface area contributed by atoms with Crippen molar-refractivity contribution in [1.29, 1.82) is 0 Å². The Kier molecular flexibility index (Phi) is 2.73. The van der Waals surface area contributed by atoms with E-state index in [2.05, 4.69) is 10.6 Å². The van der Waals surface area contributed by atoms with Crippen molar-refractivity contribution in [2.45, 2.75) is 51.0 Å². The third-order valence-corrected chi connectivity index (χ3v) is 4.64. The van der Waals surface area contributed by atoms with Crippen LogP contribution in [0.15, 0.2) is 0 Å². The SMILES string of the molecule is C1CNC(CCNCC2(C3CC3)CC2)C1. The molecule has 1 unspecified atom stereocenters. The Morgan fingerprint density at radius 3 is 2.67 bits per heavy atom. The Balaban J connectivity index is 1.30. The highest BCUT2D eigenvalue weighted by Gasteiger charge is 2.53. The summed E-state index contributed by atoms with van der Waals surface area (Å²) < 4.78 is 0. The van der Waals surface area contributed by atoms with Crippen LogP contribution in [0, 0.1) is 11.3 Å². The molecule has 1 saturated heterocycles. The molecule has 86 valence electrons. The van der Waals surface area contributed by atoms with E-state index in [1.165, 1.54) is 64.6 Å². The first-order valence-corrected chi connectivity index (χ1v) is 6.83. The van der Waals surface area contributed by atoms with Crippen LogP contribution in [-0.4, -0.2) is 25.7 Å². The molecule has 3 rings (SSSR count). The molecule has 0 spiro atoms. The zero-order chi connectivity index (χ0) is 10.1. The van der Waals surface area contributed by atoms with Gasteiger partial charge in [0, 0.05) is 12.6 Å². The van der Waals surface area contributed by atoms with E-state index >= 15 is 0 Å². The summed E-state index contributed by atoms with van der Waals surface area (Å²) in [7, 11) is 0. The second-order valence-electron chi connectivity index (χ2n) is 5.90. The zero-order valence-electron chi connectivity index (χ0n) is 9.73. The molecule has 3 aliphatic rings. The van der Waals surface area contributed by atoms with Crippen molar-refractivity contribution in [2.24, 2.45) is 11.3 Å². The van der Waals surface area contributed by atoms with E-state index < -0.39 is 0 Å². The lowest BCUT2D eigenvalue weighted by Crippen LogP contribution is -2.31. The number of nitrogens with one attached hydrogen (secondary N) is 2. The molecule has 1 aliphatic heterocycles. The second-order valence-corrected chi connectivity index (χ2v) is 5.90. The van der Waals surface area contributed by atoms with E-state index in [1.54, 1.807) is 0 Å². The molecule has 3 fully saturated rings. The first-order chi connectivity index (χ1) is 7.39. The average molecular weight is 208 g/mol. The van der Waals surface area contributed by atoms with Gasteiger partial charge in [-0.15, -0.1) is 0 Å². The largest absolute Gasteiger partial charge is 0.316 e.